The zero-order valence-corrected chi connectivity index (χ0v) is 28.3. The van der Waals surface area contributed by atoms with Gasteiger partial charge < -0.3 is 24.5 Å². The molecule has 7 atom stereocenters. The van der Waals surface area contributed by atoms with E-state index >= 15 is 9.59 Å². The number of methoxy groups -OCH3 is 1. The minimum atomic E-state index is -0.931. The van der Waals surface area contributed by atoms with Crippen molar-refractivity contribution in [3.05, 3.63) is 121 Å². The largest absolute Gasteiger partial charge is 0.497 e. The molecule has 3 heterocycles. The quantitative estimate of drug-likeness (QED) is 0.243. The molecule has 3 unspecified atom stereocenters. The van der Waals surface area contributed by atoms with Crippen LogP contribution in [0.15, 0.2) is 110 Å². The third kappa shape index (κ3) is 5.62. The number of carbonyl (C=O) groups excluding carboxylic acids is 3. The zero-order chi connectivity index (χ0) is 34.0. The first kappa shape index (κ1) is 33.6. The number of nitrogens with zero attached hydrogens (tertiary/aromatic N) is 3. The average molecular weight is 666 g/mol. The first-order chi connectivity index (χ1) is 23.3. The maximum Gasteiger partial charge on any atom is 0.251 e. The second kappa shape index (κ2) is 14.0. The molecule has 250 valence electrons. The molecule has 3 aromatic carbocycles. The molecule has 0 aliphatic carbocycles. The van der Waals surface area contributed by atoms with Gasteiger partial charge in [0.1, 0.15) is 11.8 Å². The number of thioether (sulfide) groups is 1. The van der Waals surface area contributed by atoms with Crippen molar-refractivity contribution >= 4 is 35.2 Å². The molecule has 9 heteroatoms. The topological polar surface area (TPSA) is 90.4 Å². The number of hydrogen-bond acceptors (Lipinski definition) is 6. The molecule has 1 spiro atoms. The molecule has 8 nitrogen and oxygen atoms in total. The number of aliphatic hydroxyl groups is 1. The Kier molecular flexibility index (Phi) is 9.80. The molecule has 3 aliphatic rings. The fourth-order valence-electron chi connectivity index (χ4n) is 8.15. The predicted octanol–water partition coefficient (Wildman–Crippen LogP) is 5.50. The summed E-state index contributed by atoms with van der Waals surface area (Å²) in [7, 11) is 1.59. The monoisotopic (exact) mass is 665 g/mol. The second-order valence-corrected chi connectivity index (χ2v) is 14.4. The summed E-state index contributed by atoms with van der Waals surface area (Å²) >= 11 is 1.63. The van der Waals surface area contributed by atoms with Gasteiger partial charge in [-0.1, -0.05) is 79.7 Å². The lowest BCUT2D eigenvalue weighted by molar-refractivity contribution is -0.146. The summed E-state index contributed by atoms with van der Waals surface area (Å²) in [4.78, 5) is 49.9. The van der Waals surface area contributed by atoms with Gasteiger partial charge >= 0.3 is 0 Å². The van der Waals surface area contributed by atoms with Gasteiger partial charge in [-0.3, -0.25) is 14.4 Å². The molecule has 1 N–H and O–H groups in total. The first-order valence-electron chi connectivity index (χ1n) is 16.5. The minimum absolute atomic E-state index is 0.0389. The Morgan fingerprint density at radius 3 is 2.25 bits per heavy atom. The Balaban J connectivity index is 1.46. The number of amides is 3. The molecule has 0 radical (unpaired) electrons. The number of ether oxygens (including phenoxy) is 1. The van der Waals surface area contributed by atoms with Crippen molar-refractivity contribution in [1.82, 2.24) is 9.80 Å². The number of likely N-dealkylation sites (tertiary alicyclic amines) is 1. The Bertz CT molecular complexity index is 1650. The van der Waals surface area contributed by atoms with Crippen molar-refractivity contribution in [2.24, 2.45) is 17.8 Å². The second-order valence-electron chi connectivity index (χ2n) is 12.8. The van der Waals surface area contributed by atoms with E-state index in [-0.39, 0.29) is 42.0 Å². The van der Waals surface area contributed by atoms with Crippen LogP contribution in [0.3, 0.4) is 0 Å². The lowest BCUT2D eigenvalue weighted by atomic mass is 9.65. The van der Waals surface area contributed by atoms with Gasteiger partial charge in [-0.05, 0) is 47.7 Å². The summed E-state index contributed by atoms with van der Waals surface area (Å²) in [5.74, 6) is -1.36. The van der Waals surface area contributed by atoms with Gasteiger partial charge in [-0.2, -0.15) is 0 Å². The van der Waals surface area contributed by atoms with Crippen molar-refractivity contribution in [3.63, 3.8) is 0 Å². The highest BCUT2D eigenvalue weighted by atomic mass is 32.2. The molecule has 3 fully saturated rings. The summed E-state index contributed by atoms with van der Waals surface area (Å²) in [6, 6.07) is 24.7. The van der Waals surface area contributed by atoms with Gasteiger partial charge in [-0.15, -0.1) is 24.9 Å². The van der Waals surface area contributed by atoms with Gasteiger partial charge in [-0.25, -0.2) is 0 Å². The highest BCUT2D eigenvalue weighted by Gasteiger charge is 2.77. The fourth-order valence-corrected chi connectivity index (χ4v) is 10.5. The molecular formula is C39H43N3O5S. The standard InChI is InChI=1S/C39H43N3O5S/c1-5-21-40(24-27-13-9-7-10-14-27)36(44)33-32-23-26(3)39(48-32)34(33)37(45)42(31(25-43)28-15-11-8-12-16-28)35(39)38(46)41(22-6-2)29-17-19-30(47-4)20-18-29/h5-20,26,31-35,43H,1-2,21-25H2,3-4H3/t26?,31-,32+,33-,34+,35?,39?/m1/s1. The van der Waals surface area contributed by atoms with Gasteiger partial charge in [0.15, 0.2) is 0 Å². The van der Waals surface area contributed by atoms with Crippen LogP contribution in [0, 0.1) is 17.8 Å². The van der Waals surface area contributed by atoms with E-state index in [1.165, 1.54) is 0 Å². The van der Waals surface area contributed by atoms with Gasteiger partial charge in [0, 0.05) is 30.6 Å². The van der Waals surface area contributed by atoms with Crippen LogP contribution in [0.25, 0.3) is 0 Å². The maximum atomic E-state index is 15.2. The van der Waals surface area contributed by atoms with Gasteiger partial charge in [0.2, 0.25) is 11.8 Å². The number of carbonyl (C=O) groups is 3. The lowest BCUT2D eigenvalue weighted by Crippen LogP contribution is -2.58. The van der Waals surface area contributed by atoms with Crippen molar-refractivity contribution < 1.29 is 24.2 Å². The van der Waals surface area contributed by atoms with Crippen LogP contribution in [0.1, 0.15) is 30.5 Å². The smallest absolute Gasteiger partial charge is 0.251 e. The summed E-state index contributed by atoms with van der Waals surface area (Å²) < 4.78 is 4.49. The fraction of sp³-hybridized carbons (Fsp3) is 0.359. The van der Waals surface area contributed by atoms with Crippen LogP contribution in [0.5, 0.6) is 5.75 Å². The van der Waals surface area contributed by atoms with E-state index < -0.39 is 28.7 Å². The van der Waals surface area contributed by atoms with Crippen molar-refractivity contribution in [1.29, 1.82) is 0 Å². The Morgan fingerprint density at radius 2 is 1.65 bits per heavy atom. The number of benzene rings is 3. The van der Waals surface area contributed by atoms with Crippen molar-refractivity contribution in [3.8, 4) is 5.75 Å². The molecule has 0 saturated carbocycles. The molecule has 3 aliphatic heterocycles. The van der Waals surface area contributed by atoms with Gasteiger partial charge in [0.05, 0.1) is 36.3 Å². The van der Waals surface area contributed by atoms with Crippen LogP contribution < -0.4 is 9.64 Å². The number of rotatable bonds is 13. The normalized spacial score (nSPS) is 26.1. The van der Waals surface area contributed by atoms with Crippen molar-refractivity contribution in [2.75, 3.05) is 31.7 Å². The Hall–Kier alpha value is -4.34. The molecule has 3 aromatic rings. The number of aliphatic hydroxyl groups excluding tert-OH is 1. The number of fused-ring (bicyclic) bond motifs is 1. The minimum Gasteiger partial charge on any atom is -0.497 e. The van der Waals surface area contributed by atoms with Gasteiger partial charge in [0.25, 0.3) is 5.91 Å². The van der Waals surface area contributed by atoms with Crippen LogP contribution in [-0.4, -0.2) is 75.5 Å². The third-order valence-corrected chi connectivity index (χ3v) is 12.3. The van der Waals surface area contributed by atoms with Crippen LogP contribution >= 0.6 is 11.8 Å². The summed E-state index contributed by atoms with van der Waals surface area (Å²) in [6.45, 7) is 10.5. The van der Waals surface area contributed by atoms with E-state index in [0.717, 1.165) is 11.1 Å². The van der Waals surface area contributed by atoms with E-state index in [1.54, 1.807) is 57.9 Å². The predicted molar refractivity (Wildman–Crippen MR) is 189 cm³/mol. The van der Waals surface area contributed by atoms with E-state index in [0.29, 0.717) is 30.9 Å². The van der Waals surface area contributed by atoms with E-state index in [1.807, 2.05) is 72.8 Å². The maximum absolute atomic E-state index is 15.2. The Morgan fingerprint density at radius 1 is 1.00 bits per heavy atom. The average Bonchev–Trinajstić information content (AvgIpc) is 3.71. The SMILES string of the molecule is C=CCN(Cc1ccccc1)C(=O)[C@@H]1[C@@H]2CC(C)C3(S2)C(C(=O)N(CC=C)c2ccc(OC)cc2)N([C@H](CO)c2ccccc2)C(=O)[C@H]13. The highest BCUT2D eigenvalue weighted by molar-refractivity contribution is 8.02. The van der Waals surface area contributed by atoms with E-state index in [2.05, 4.69) is 20.1 Å². The molecule has 3 amide bonds. The van der Waals surface area contributed by atoms with E-state index in [9.17, 15) is 9.90 Å². The summed E-state index contributed by atoms with van der Waals surface area (Å²) in [6.07, 6.45) is 4.09. The molecule has 0 aromatic heterocycles. The molecule has 48 heavy (non-hydrogen) atoms. The zero-order valence-electron chi connectivity index (χ0n) is 27.5. The molecular weight excluding hydrogens is 623 g/mol. The van der Waals surface area contributed by atoms with Crippen LogP contribution in [-0.2, 0) is 20.9 Å². The molecule has 3 saturated heterocycles. The van der Waals surface area contributed by atoms with Crippen LogP contribution in [0.2, 0.25) is 0 Å². The lowest BCUT2D eigenvalue weighted by Gasteiger charge is -2.42. The van der Waals surface area contributed by atoms with Crippen LogP contribution in [0.4, 0.5) is 5.69 Å². The molecule has 6 rings (SSSR count). The first-order valence-corrected chi connectivity index (χ1v) is 17.3. The summed E-state index contributed by atoms with van der Waals surface area (Å²) in [5.41, 5.74) is 2.36. The highest BCUT2D eigenvalue weighted by Crippen LogP contribution is 2.69. The number of anilines is 1. The Labute approximate surface area is 287 Å². The van der Waals surface area contributed by atoms with E-state index in [4.69, 9.17) is 4.74 Å². The van der Waals surface area contributed by atoms with Crippen molar-refractivity contribution in [2.45, 2.75) is 42.0 Å². The third-order valence-electron chi connectivity index (χ3n) is 10.2. The molecule has 2 bridgehead atoms. The summed E-state index contributed by atoms with van der Waals surface area (Å²) in [5, 5.41) is 10.8. The number of hydrogen-bond donors (Lipinski definition) is 1.